The highest BCUT2D eigenvalue weighted by Gasteiger charge is 2.28. The fourth-order valence-corrected chi connectivity index (χ4v) is 2.65. The van der Waals surface area contributed by atoms with Crippen molar-refractivity contribution >= 4 is 23.2 Å². The van der Waals surface area contributed by atoms with E-state index in [2.05, 4.69) is 0 Å². The molecular weight excluding hydrogens is 284 g/mol. The van der Waals surface area contributed by atoms with E-state index in [9.17, 15) is 20.0 Å². The molecule has 0 bridgehead atoms. The molecule has 1 amide bonds. The number of hydrogen-bond donors (Lipinski definition) is 1. The Hall–Kier alpha value is -1.66. The lowest BCUT2D eigenvalue weighted by Crippen LogP contribution is -2.38. The van der Waals surface area contributed by atoms with E-state index >= 15 is 0 Å². The second-order valence-corrected chi connectivity index (χ2v) is 5.18. The van der Waals surface area contributed by atoms with Crippen molar-refractivity contribution in [2.24, 2.45) is 0 Å². The molecule has 7 heteroatoms. The quantitative estimate of drug-likeness (QED) is 0.678. The Balaban J connectivity index is 2.10. The number of rotatable bonds is 4. The van der Waals surface area contributed by atoms with Gasteiger partial charge >= 0.3 is 0 Å². The van der Waals surface area contributed by atoms with Gasteiger partial charge in [-0.05, 0) is 18.4 Å². The summed E-state index contributed by atoms with van der Waals surface area (Å²) in [5.41, 5.74) is 0.464. The Bertz CT molecular complexity index is 535. The second-order valence-electron chi connectivity index (χ2n) is 4.78. The second kappa shape index (κ2) is 6.19. The first kappa shape index (κ1) is 14.7. The first-order valence-corrected chi connectivity index (χ1v) is 6.74. The Morgan fingerprint density at radius 1 is 1.55 bits per heavy atom. The van der Waals surface area contributed by atoms with Crippen LogP contribution < -0.4 is 0 Å². The number of likely N-dealkylation sites (tertiary alicyclic amines) is 1. The molecule has 20 heavy (non-hydrogen) atoms. The molecule has 1 aromatic carbocycles. The van der Waals surface area contributed by atoms with E-state index < -0.39 is 4.92 Å². The minimum absolute atomic E-state index is 0.0419. The molecule has 1 atom stereocenters. The molecule has 0 aromatic heterocycles. The molecule has 0 radical (unpaired) electrons. The summed E-state index contributed by atoms with van der Waals surface area (Å²) in [6, 6.07) is 3.96. The van der Waals surface area contributed by atoms with Crippen LogP contribution in [-0.2, 0) is 11.2 Å². The van der Waals surface area contributed by atoms with Gasteiger partial charge in [0, 0.05) is 18.7 Å². The zero-order chi connectivity index (χ0) is 14.7. The van der Waals surface area contributed by atoms with Gasteiger partial charge in [-0.3, -0.25) is 14.9 Å². The Morgan fingerprint density at radius 2 is 2.30 bits per heavy atom. The number of aliphatic hydroxyl groups is 1. The highest BCUT2D eigenvalue weighted by atomic mass is 35.5. The van der Waals surface area contributed by atoms with Crippen molar-refractivity contribution in [2.45, 2.75) is 25.3 Å². The summed E-state index contributed by atoms with van der Waals surface area (Å²) >= 11 is 5.97. The molecule has 1 aliphatic rings. The minimum Gasteiger partial charge on any atom is -0.394 e. The van der Waals surface area contributed by atoms with E-state index in [1.54, 1.807) is 4.90 Å². The first-order valence-electron chi connectivity index (χ1n) is 6.36. The summed E-state index contributed by atoms with van der Waals surface area (Å²) < 4.78 is 0. The summed E-state index contributed by atoms with van der Waals surface area (Å²) in [5.74, 6) is -0.114. The molecule has 6 nitrogen and oxygen atoms in total. The number of nitro groups is 1. The van der Waals surface area contributed by atoms with E-state index in [4.69, 9.17) is 11.6 Å². The third-order valence-corrected chi connectivity index (χ3v) is 3.85. The number of hydrogen-bond acceptors (Lipinski definition) is 4. The normalized spacial score (nSPS) is 18.3. The van der Waals surface area contributed by atoms with Gasteiger partial charge in [-0.2, -0.15) is 0 Å². The highest BCUT2D eigenvalue weighted by molar-refractivity contribution is 6.31. The molecule has 1 aromatic rings. The molecule has 1 saturated heterocycles. The number of carbonyl (C=O) groups excluding carboxylic acids is 1. The van der Waals surface area contributed by atoms with Gasteiger partial charge in [0.2, 0.25) is 5.91 Å². The Labute approximate surface area is 121 Å². The van der Waals surface area contributed by atoms with Gasteiger partial charge in [0.1, 0.15) is 0 Å². The maximum Gasteiger partial charge on any atom is 0.270 e. The number of nitrogens with zero attached hydrogens (tertiary/aromatic N) is 2. The van der Waals surface area contributed by atoms with Gasteiger partial charge < -0.3 is 10.0 Å². The van der Waals surface area contributed by atoms with Crippen molar-refractivity contribution in [1.82, 2.24) is 4.90 Å². The maximum absolute atomic E-state index is 12.2. The number of nitro benzene ring substituents is 1. The number of aliphatic hydroxyl groups excluding tert-OH is 1. The Morgan fingerprint density at radius 3 is 2.90 bits per heavy atom. The average molecular weight is 299 g/mol. The molecule has 0 aliphatic carbocycles. The zero-order valence-electron chi connectivity index (χ0n) is 10.8. The number of non-ortho nitro benzene ring substituents is 1. The van der Waals surface area contributed by atoms with Crippen molar-refractivity contribution in [3.05, 3.63) is 38.9 Å². The van der Waals surface area contributed by atoms with E-state index in [1.165, 1.54) is 18.2 Å². The van der Waals surface area contributed by atoms with Crippen molar-refractivity contribution in [3.8, 4) is 0 Å². The molecule has 1 N–H and O–H groups in total. The third kappa shape index (κ3) is 3.08. The maximum atomic E-state index is 12.2. The molecule has 1 aliphatic heterocycles. The van der Waals surface area contributed by atoms with Crippen molar-refractivity contribution in [3.63, 3.8) is 0 Å². The molecule has 108 valence electrons. The summed E-state index contributed by atoms with van der Waals surface area (Å²) in [6.45, 7) is 0.592. The topological polar surface area (TPSA) is 83.7 Å². The van der Waals surface area contributed by atoms with Crippen LogP contribution in [0.4, 0.5) is 5.69 Å². The summed E-state index contributed by atoms with van der Waals surface area (Å²) in [5, 5.41) is 20.0. The first-order chi connectivity index (χ1) is 9.52. The molecule has 1 fully saturated rings. The number of halogens is 1. The lowest BCUT2D eigenvalue weighted by atomic mass is 10.1. The number of benzene rings is 1. The Kier molecular flexibility index (Phi) is 4.57. The van der Waals surface area contributed by atoms with Crippen LogP contribution in [0.5, 0.6) is 0 Å². The molecule has 0 unspecified atom stereocenters. The van der Waals surface area contributed by atoms with Crippen molar-refractivity contribution in [1.29, 1.82) is 0 Å². The predicted octanol–water partition coefficient (Wildman–Crippen LogP) is 1.77. The monoisotopic (exact) mass is 298 g/mol. The summed E-state index contributed by atoms with van der Waals surface area (Å²) in [6.07, 6.45) is 1.77. The molecular formula is C13H15ClN2O4. The average Bonchev–Trinajstić information content (AvgIpc) is 2.89. The van der Waals surface area contributed by atoms with E-state index in [0.717, 1.165) is 12.8 Å². The zero-order valence-corrected chi connectivity index (χ0v) is 11.5. The standard InChI is InChI=1S/C13H15ClN2O4/c14-12-7-10(16(19)20)4-3-9(12)6-13(18)15-5-1-2-11(15)8-17/h3-4,7,11,17H,1-2,5-6,8H2/t11-/m1/s1. The summed E-state index contributed by atoms with van der Waals surface area (Å²) in [4.78, 5) is 23.9. The number of amides is 1. The van der Waals surface area contributed by atoms with Gasteiger partial charge in [-0.1, -0.05) is 17.7 Å². The highest BCUT2D eigenvalue weighted by Crippen LogP contribution is 2.24. The van der Waals surface area contributed by atoms with Gasteiger partial charge in [0.15, 0.2) is 0 Å². The van der Waals surface area contributed by atoms with Gasteiger partial charge in [0.25, 0.3) is 5.69 Å². The fraction of sp³-hybridized carbons (Fsp3) is 0.462. The molecule has 1 heterocycles. The minimum atomic E-state index is -0.528. The van der Waals surface area contributed by atoms with Crippen LogP contribution in [0.3, 0.4) is 0 Å². The van der Waals surface area contributed by atoms with Crippen LogP contribution in [0.2, 0.25) is 5.02 Å². The molecule has 2 rings (SSSR count). The lowest BCUT2D eigenvalue weighted by Gasteiger charge is -2.23. The van der Waals surface area contributed by atoms with Crippen molar-refractivity contribution < 1.29 is 14.8 Å². The SMILES string of the molecule is O=C(Cc1ccc([N+](=O)[O-])cc1Cl)N1CCC[C@@H]1CO. The van der Waals surface area contributed by atoms with Crippen LogP contribution in [0.25, 0.3) is 0 Å². The smallest absolute Gasteiger partial charge is 0.270 e. The predicted molar refractivity (Wildman–Crippen MR) is 73.6 cm³/mol. The van der Waals surface area contributed by atoms with Crippen LogP contribution in [-0.4, -0.2) is 40.0 Å². The summed E-state index contributed by atoms with van der Waals surface area (Å²) in [7, 11) is 0. The van der Waals surface area contributed by atoms with Crippen LogP contribution >= 0.6 is 11.6 Å². The van der Waals surface area contributed by atoms with Gasteiger partial charge in [0.05, 0.1) is 29.0 Å². The van der Waals surface area contributed by atoms with Gasteiger partial charge in [-0.25, -0.2) is 0 Å². The van der Waals surface area contributed by atoms with E-state index in [-0.39, 0.29) is 35.7 Å². The van der Waals surface area contributed by atoms with Crippen LogP contribution in [0, 0.1) is 10.1 Å². The third-order valence-electron chi connectivity index (χ3n) is 3.50. The van der Waals surface area contributed by atoms with E-state index in [0.29, 0.717) is 12.1 Å². The van der Waals surface area contributed by atoms with Crippen LogP contribution in [0.15, 0.2) is 18.2 Å². The molecule has 0 saturated carbocycles. The van der Waals surface area contributed by atoms with Crippen LogP contribution in [0.1, 0.15) is 18.4 Å². The van der Waals surface area contributed by atoms with Gasteiger partial charge in [-0.15, -0.1) is 0 Å². The number of carbonyl (C=O) groups is 1. The lowest BCUT2D eigenvalue weighted by molar-refractivity contribution is -0.384. The largest absolute Gasteiger partial charge is 0.394 e. The fourth-order valence-electron chi connectivity index (χ4n) is 2.41. The molecule has 0 spiro atoms. The van der Waals surface area contributed by atoms with E-state index in [1.807, 2.05) is 0 Å². The van der Waals surface area contributed by atoms with Crippen molar-refractivity contribution in [2.75, 3.05) is 13.2 Å².